The molecule has 3 heterocycles. The van der Waals surface area contributed by atoms with E-state index in [1.807, 2.05) is 36.4 Å². The second kappa shape index (κ2) is 6.51. The molecule has 0 saturated carbocycles. The zero-order chi connectivity index (χ0) is 17.4. The summed E-state index contributed by atoms with van der Waals surface area (Å²) in [6, 6.07) is 11.5. The highest BCUT2D eigenvalue weighted by Crippen LogP contribution is 2.38. The lowest BCUT2D eigenvalue weighted by atomic mass is 10.1. The molecule has 0 saturated heterocycles. The van der Waals surface area contributed by atoms with Crippen molar-refractivity contribution in [2.45, 2.75) is 0 Å². The summed E-state index contributed by atoms with van der Waals surface area (Å²) in [6.45, 7) is 1.31. The van der Waals surface area contributed by atoms with Crippen molar-refractivity contribution in [1.82, 2.24) is 9.97 Å². The highest BCUT2D eigenvalue weighted by molar-refractivity contribution is 7.28. The summed E-state index contributed by atoms with van der Waals surface area (Å²) < 4.78 is 5.77. The van der Waals surface area contributed by atoms with Gasteiger partial charge >= 0.3 is 0 Å². The van der Waals surface area contributed by atoms with Crippen molar-refractivity contribution in [2.24, 2.45) is 0 Å². The molecule has 1 unspecified atom stereocenters. The van der Waals surface area contributed by atoms with Crippen LogP contribution in [0.15, 0.2) is 48.8 Å². The lowest BCUT2D eigenvalue weighted by molar-refractivity contribution is 0.313. The summed E-state index contributed by atoms with van der Waals surface area (Å²) in [5.74, 6) is 1.24. The Bertz CT molecular complexity index is 950. The Balaban J connectivity index is 1.82. The van der Waals surface area contributed by atoms with Gasteiger partial charge in [-0.3, -0.25) is 4.98 Å². The summed E-state index contributed by atoms with van der Waals surface area (Å²) in [5, 5.41) is 1.71. The monoisotopic (exact) mass is 370 g/mol. The Morgan fingerprint density at radius 3 is 2.88 bits per heavy atom. The Labute approximate surface area is 153 Å². The van der Waals surface area contributed by atoms with E-state index in [0.717, 1.165) is 40.2 Å². The Morgan fingerprint density at radius 1 is 1.16 bits per heavy atom. The van der Waals surface area contributed by atoms with Crippen LogP contribution >= 0.6 is 20.8 Å². The van der Waals surface area contributed by atoms with Crippen molar-refractivity contribution < 1.29 is 4.74 Å². The van der Waals surface area contributed by atoms with Gasteiger partial charge in [0.15, 0.2) is 5.75 Å². The van der Waals surface area contributed by atoms with Crippen LogP contribution in [0, 0.1) is 0 Å². The molecule has 5 nitrogen and oxygen atoms in total. The molecule has 126 valence electrons. The maximum absolute atomic E-state index is 6.16. The van der Waals surface area contributed by atoms with Crippen LogP contribution < -0.4 is 20.7 Å². The van der Waals surface area contributed by atoms with Crippen molar-refractivity contribution in [3.05, 3.63) is 53.8 Å². The third-order valence-electron chi connectivity index (χ3n) is 4.08. The van der Waals surface area contributed by atoms with Gasteiger partial charge in [0.25, 0.3) is 0 Å². The molecular weight excluding hydrogens is 355 g/mol. The van der Waals surface area contributed by atoms with Gasteiger partial charge in [0.05, 0.1) is 24.1 Å². The molecule has 1 aliphatic rings. The summed E-state index contributed by atoms with van der Waals surface area (Å²) in [4.78, 5) is 10.8. The van der Waals surface area contributed by atoms with E-state index in [1.54, 1.807) is 12.4 Å². The van der Waals surface area contributed by atoms with Crippen LogP contribution in [0.3, 0.4) is 0 Å². The van der Waals surface area contributed by atoms with Crippen molar-refractivity contribution in [2.75, 3.05) is 23.8 Å². The first-order valence-electron chi connectivity index (χ1n) is 7.79. The average Bonchev–Trinajstić information content (AvgIpc) is 2.63. The van der Waals surface area contributed by atoms with E-state index >= 15 is 0 Å². The molecule has 0 radical (unpaired) electrons. The van der Waals surface area contributed by atoms with Gasteiger partial charge in [-0.1, -0.05) is 17.7 Å². The van der Waals surface area contributed by atoms with Gasteiger partial charge < -0.3 is 15.4 Å². The first-order chi connectivity index (χ1) is 12.1. The van der Waals surface area contributed by atoms with Crippen LogP contribution in [0.5, 0.6) is 5.75 Å². The molecule has 0 aliphatic carbocycles. The van der Waals surface area contributed by atoms with Crippen LogP contribution in [0.25, 0.3) is 11.3 Å². The minimum atomic E-state index is 0.488. The number of nitrogens with zero attached hydrogens (tertiary/aromatic N) is 3. The molecule has 0 fully saturated rings. The molecule has 7 heteroatoms. The number of nitrogens with two attached hydrogens (primary N) is 1. The van der Waals surface area contributed by atoms with E-state index in [9.17, 15) is 0 Å². The number of hydrogen-bond donors (Lipinski definition) is 1. The standard InChI is InChI=1S/C18H16ClN4OP/c19-11-1-2-17(25)13(7-11)14-9-15-16(10-22-14)24-6-5-23(15)12-3-4-21-18(20)8-12/h1-4,7-10H,5-6,25H2,(H2,20,21). The molecule has 4 rings (SSSR count). The first kappa shape index (κ1) is 16.1. The number of anilines is 3. The van der Waals surface area contributed by atoms with Gasteiger partial charge in [0.2, 0.25) is 0 Å². The Morgan fingerprint density at radius 2 is 2.04 bits per heavy atom. The third kappa shape index (κ3) is 3.13. The molecule has 1 aromatic carbocycles. The van der Waals surface area contributed by atoms with E-state index < -0.39 is 0 Å². The summed E-state index contributed by atoms with van der Waals surface area (Å²) in [6.07, 6.45) is 3.46. The number of fused-ring (bicyclic) bond motifs is 1. The van der Waals surface area contributed by atoms with Crippen LogP contribution in [-0.4, -0.2) is 23.1 Å². The van der Waals surface area contributed by atoms with Crippen molar-refractivity contribution in [3.63, 3.8) is 0 Å². The molecule has 0 spiro atoms. The molecule has 0 amide bonds. The van der Waals surface area contributed by atoms with Crippen LogP contribution in [0.1, 0.15) is 0 Å². The maximum Gasteiger partial charge on any atom is 0.161 e. The zero-order valence-corrected chi connectivity index (χ0v) is 15.2. The van der Waals surface area contributed by atoms with E-state index in [-0.39, 0.29) is 0 Å². The fourth-order valence-electron chi connectivity index (χ4n) is 2.89. The normalized spacial score (nSPS) is 13.3. The molecular formula is C18H16ClN4OP. The predicted octanol–water partition coefficient (Wildman–Crippen LogP) is 3.41. The molecule has 2 N–H and O–H groups in total. The smallest absolute Gasteiger partial charge is 0.161 e. The second-order valence-electron chi connectivity index (χ2n) is 5.71. The topological polar surface area (TPSA) is 64.3 Å². The number of benzene rings is 1. The van der Waals surface area contributed by atoms with E-state index in [2.05, 4.69) is 24.1 Å². The van der Waals surface area contributed by atoms with Gasteiger partial charge in [-0.15, -0.1) is 9.24 Å². The lowest BCUT2D eigenvalue weighted by Crippen LogP contribution is -2.28. The van der Waals surface area contributed by atoms with Gasteiger partial charge in [0, 0.05) is 28.5 Å². The average molecular weight is 371 g/mol. The Kier molecular flexibility index (Phi) is 4.20. The van der Waals surface area contributed by atoms with E-state index in [4.69, 9.17) is 22.1 Å². The predicted molar refractivity (Wildman–Crippen MR) is 105 cm³/mol. The molecule has 1 aliphatic heterocycles. The molecule has 1 atom stereocenters. The number of aromatic nitrogens is 2. The maximum atomic E-state index is 6.16. The fraction of sp³-hybridized carbons (Fsp3) is 0.111. The number of ether oxygens (including phenoxy) is 1. The fourth-order valence-corrected chi connectivity index (χ4v) is 3.39. The third-order valence-corrected chi connectivity index (χ3v) is 4.82. The zero-order valence-electron chi connectivity index (χ0n) is 13.3. The minimum Gasteiger partial charge on any atom is -0.488 e. The number of rotatable bonds is 2. The molecule has 2 aromatic heterocycles. The summed E-state index contributed by atoms with van der Waals surface area (Å²) in [7, 11) is 2.72. The first-order valence-corrected chi connectivity index (χ1v) is 8.74. The molecule has 0 bridgehead atoms. The second-order valence-corrected chi connectivity index (χ2v) is 6.77. The molecule has 3 aromatic rings. The lowest BCUT2D eigenvalue weighted by Gasteiger charge is -2.31. The van der Waals surface area contributed by atoms with Crippen molar-refractivity contribution in [1.29, 1.82) is 0 Å². The highest BCUT2D eigenvalue weighted by Gasteiger charge is 2.21. The number of nitrogen functional groups attached to an aromatic ring is 1. The largest absolute Gasteiger partial charge is 0.488 e. The van der Waals surface area contributed by atoms with Crippen LogP contribution in [0.2, 0.25) is 5.02 Å². The summed E-state index contributed by atoms with van der Waals surface area (Å²) in [5.41, 5.74) is 9.58. The van der Waals surface area contributed by atoms with E-state index in [0.29, 0.717) is 17.4 Å². The van der Waals surface area contributed by atoms with Crippen LogP contribution in [-0.2, 0) is 0 Å². The Hall–Kier alpha value is -2.36. The SMILES string of the molecule is Nc1cc(N2CCOc3cnc(-c4cc(Cl)ccc4P)cc32)ccn1. The quantitative estimate of drug-likeness (QED) is 0.700. The number of pyridine rings is 2. The minimum absolute atomic E-state index is 0.488. The van der Waals surface area contributed by atoms with Gasteiger partial charge in [-0.25, -0.2) is 4.98 Å². The summed E-state index contributed by atoms with van der Waals surface area (Å²) >= 11 is 6.16. The van der Waals surface area contributed by atoms with Crippen LogP contribution in [0.4, 0.5) is 17.2 Å². The van der Waals surface area contributed by atoms with E-state index in [1.165, 1.54) is 0 Å². The van der Waals surface area contributed by atoms with Gasteiger partial charge in [-0.05, 0) is 29.6 Å². The molecule has 25 heavy (non-hydrogen) atoms. The van der Waals surface area contributed by atoms with Crippen molar-refractivity contribution in [3.8, 4) is 17.0 Å². The van der Waals surface area contributed by atoms with Crippen molar-refractivity contribution >= 4 is 43.3 Å². The highest BCUT2D eigenvalue weighted by atomic mass is 35.5. The number of hydrogen-bond acceptors (Lipinski definition) is 5. The van der Waals surface area contributed by atoms with Gasteiger partial charge in [-0.2, -0.15) is 0 Å². The number of halogens is 1. The van der Waals surface area contributed by atoms with Gasteiger partial charge in [0.1, 0.15) is 12.4 Å².